The lowest BCUT2D eigenvalue weighted by Gasteiger charge is -2.30. The van der Waals surface area contributed by atoms with Gasteiger partial charge >= 0.3 is 12.2 Å². The third kappa shape index (κ3) is 7.79. The molecule has 2 aliphatic heterocycles. The smallest absolute Gasteiger partial charge is 0.407 e. The summed E-state index contributed by atoms with van der Waals surface area (Å²) in [7, 11) is 2.57. The maximum absolute atomic E-state index is 13.6. The van der Waals surface area contributed by atoms with Crippen LogP contribution in [0.2, 0.25) is 0 Å². The van der Waals surface area contributed by atoms with Crippen molar-refractivity contribution in [1.82, 2.24) is 40.4 Å². The van der Waals surface area contributed by atoms with Gasteiger partial charge in [-0.1, -0.05) is 65.8 Å². The minimum atomic E-state index is -0.707. The Morgan fingerprint density at radius 2 is 1.06 bits per heavy atom. The van der Waals surface area contributed by atoms with Crippen LogP contribution in [0.15, 0.2) is 36.7 Å². The molecule has 2 aromatic heterocycles. The number of carbonyl (C=O) groups is 4. The first kappa shape index (κ1) is 36.4. The van der Waals surface area contributed by atoms with Gasteiger partial charge < -0.3 is 39.9 Å². The number of H-pyrrole nitrogens is 2. The first-order chi connectivity index (χ1) is 23.8. The molecule has 5 rings (SSSR count). The Hall–Kier alpha value is -4.88. The van der Waals surface area contributed by atoms with Crippen molar-refractivity contribution in [2.24, 2.45) is 23.7 Å². The van der Waals surface area contributed by atoms with E-state index in [-0.39, 0.29) is 47.6 Å². The molecule has 50 heavy (non-hydrogen) atoms. The van der Waals surface area contributed by atoms with Crippen LogP contribution in [0, 0.1) is 23.7 Å². The average Bonchev–Trinajstić information content (AvgIpc) is 3.91. The Kier molecular flexibility index (Phi) is 11.2. The van der Waals surface area contributed by atoms with Crippen molar-refractivity contribution >= 4 is 24.0 Å². The number of methoxy groups -OCH3 is 2. The van der Waals surface area contributed by atoms with Gasteiger partial charge in [0.25, 0.3) is 0 Å². The van der Waals surface area contributed by atoms with Crippen molar-refractivity contribution in [2.45, 2.75) is 78.6 Å². The van der Waals surface area contributed by atoms with Crippen molar-refractivity contribution < 1.29 is 28.7 Å². The van der Waals surface area contributed by atoms with Gasteiger partial charge in [-0.3, -0.25) is 9.59 Å². The standard InChI is InChI=1S/C36H50N8O6/c1-19(2)29(41-35(47)49-7)33(45)43-17-21(5)13-27(43)31-37-15-25(39-31)23-9-11-24(12-10-23)26-16-38-32(40-26)28-14-22(6)18-44(28)34(46)30(20(3)4)42-36(48)50-8/h9-12,15-16,19-22,27-30H,13-14,17-18H2,1-8H3,(H,37,39)(H,38,40)(H,41,47)(H,42,48)/t21-,22+,27+,28-,29-,30-/m0/s1. The summed E-state index contributed by atoms with van der Waals surface area (Å²) in [5.74, 6) is 1.40. The fourth-order valence-corrected chi connectivity index (χ4v) is 6.99. The van der Waals surface area contributed by atoms with E-state index in [1.165, 1.54) is 14.2 Å². The molecule has 3 aromatic rings. The van der Waals surface area contributed by atoms with Crippen LogP contribution in [-0.4, -0.2) is 93.1 Å². The Labute approximate surface area is 293 Å². The summed E-state index contributed by atoms with van der Waals surface area (Å²) in [6.07, 6.45) is 3.81. The number of aromatic amines is 2. The monoisotopic (exact) mass is 690 g/mol. The largest absolute Gasteiger partial charge is 0.453 e. The SMILES string of the molecule is COC(=O)N[C@H](C(=O)N1C[C@@H](C)C[C@@H]1c1ncc(-c2ccc(-c3cnc([C@@H]4C[C@@H](C)CN4C(=O)[C@@H](NC(=O)OC)C(C)C)[nH]3)cc2)[nH]1)C(C)C. The molecule has 6 atom stereocenters. The number of ether oxygens (including phenoxy) is 2. The van der Waals surface area contributed by atoms with Gasteiger partial charge in [-0.15, -0.1) is 0 Å². The second-order valence-electron chi connectivity index (χ2n) is 14.4. The highest BCUT2D eigenvalue weighted by Gasteiger charge is 2.41. The van der Waals surface area contributed by atoms with E-state index in [1.54, 1.807) is 12.4 Å². The molecule has 4 N–H and O–H groups in total. The van der Waals surface area contributed by atoms with Crippen LogP contribution in [0.1, 0.15) is 78.1 Å². The molecule has 4 amide bonds. The summed E-state index contributed by atoms with van der Waals surface area (Å²) in [6, 6.07) is 6.10. The van der Waals surface area contributed by atoms with Crippen LogP contribution in [0.4, 0.5) is 9.59 Å². The van der Waals surface area contributed by atoms with Gasteiger partial charge in [0.2, 0.25) is 11.8 Å². The topological polar surface area (TPSA) is 175 Å². The third-order valence-corrected chi connectivity index (χ3v) is 9.70. The number of nitrogens with zero attached hydrogens (tertiary/aromatic N) is 4. The predicted molar refractivity (Wildman–Crippen MR) is 186 cm³/mol. The second-order valence-corrected chi connectivity index (χ2v) is 14.4. The minimum absolute atomic E-state index is 0.120. The molecule has 0 saturated carbocycles. The minimum Gasteiger partial charge on any atom is -0.453 e. The molecule has 0 bridgehead atoms. The van der Waals surface area contributed by atoms with Crippen molar-refractivity contribution in [3.8, 4) is 22.5 Å². The number of nitrogens with one attached hydrogen (secondary N) is 4. The predicted octanol–water partition coefficient (Wildman–Crippen LogP) is 5.05. The van der Waals surface area contributed by atoms with Crippen LogP contribution in [0.3, 0.4) is 0 Å². The Morgan fingerprint density at radius 3 is 1.38 bits per heavy atom. The number of hydrogen-bond acceptors (Lipinski definition) is 8. The van der Waals surface area contributed by atoms with E-state index in [1.807, 2.05) is 61.8 Å². The molecular weight excluding hydrogens is 640 g/mol. The van der Waals surface area contributed by atoms with Gasteiger partial charge in [0, 0.05) is 13.1 Å². The number of imidazole rings is 2. The van der Waals surface area contributed by atoms with Crippen molar-refractivity contribution in [1.29, 1.82) is 0 Å². The zero-order valence-electron chi connectivity index (χ0n) is 30.1. The summed E-state index contributed by atoms with van der Waals surface area (Å²) in [4.78, 5) is 71.1. The van der Waals surface area contributed by atoms with E-state index < -0.39 is 24.3 Å². The van der Waals surface area contributed by atoms with E-state index in [2.05, 4.69) is 44.4 Å². The maximum atomic E-state index is 13.6. The Morgan fingerprint density at radius 1 is 0.700 bits per heavy atom. The third-order valence-electron chi connectivity index (χ3n) is 9.70. The molecule has 2 fully saturated rings. The van der Waals surface area contributed by atoms with Gasteiger partial charge in [-0.2, -0.15) is 0 Å². The Balaban J connectivity index is 1.30. The number of likely N-dealkylation sites (tertiary alicyclic amines) is 2. The molecule has 4 heterocycles. The van der Waals surface area contributed by atoms with E-state index in [0.717, 1.165) is 35.4 Å². The fraction of sp³-hybridized carbons (Fsp3) is 0.556. The number of carbonyl (C=O) groups excluding carboxylic acids is 4. The number of benzene rings is 1. The van der Waals surface area contributed by atoms with E-state index >= 15 is 0 Å². The van der Waals surface area contributed by atoms with Gasteiger partial charge in [0.05, 0.1) is 50.1 Å². The number of rotatable bonds is 10. The van der Waals surface area contributed by atoms with Gasteiger partial charge in [-0.25, -0.2) is 19.6 Å². The van der Waals surface area contributed by atoms with Crippen molar-refractivity contribution in [3.05, 3.63) is 48.3 Å². The Bertz CT molecular complexity index is 1550. The fourth-order valence-electron chi connectivity index (χ4n) is 6.99. The summed E-state index contributed by atoms with van der Waals surface area (Å²) in [5, 5.41) is 5.39. The van der Waals surface area contributed by atoms with Crippen LogP contribution in [0.5, 0.6) is 0 Å². The molecular formula is C36H50N8O6. The van der Waals surface area contributed by atoms with Crippen molar-refractivity contribution in [3.63, 3.8) is 0 Å². The number of amides is 4. The quantitative estimate of drug-likeness (QED) is 0.229. The first-order valence-corrected chi connectivity index (χ1v) is 17.3. The van der Waals surface area contributed by atoms with Gasteiger partial charge in [-0.05, 0) is 47.6 Å². The maximum Gasteiger partial charge on any atom is 0.407 e. The molecule has 14 nitrogen and oxygen atoms in total. The van der Waals surface area contributed by atoms with Crippen LogP contribution >= 0.6 is 0 Å². The van der Waals surface area contributed by atoms with E-state index in [4.69, 9.17) is 9.47 Å². The van der Waals surface area contributed by atoms with E-state index in [0.29, 0.717) is 24.7 Å². The highest BCUT2D eigenvalue weighted by atomic mass is 16.5. The summed E-state index contributed by atoms with van der Waals surface area (Å²) < 4.78 is 9.52. The molecule has 270 valence electrons. The number of hydrogen-bond donors (Lipinski definition) is 4. The van der Waals surface area contributed by atoms with Crippen molar-refractivity contribution in [2.75, 3.05) is 27.3 Å². The number of aromatic nitrogens is 4. The highest BCUT2D eigenvalue weighted by molar-refractivity contribution is 5.87. The molecule has 0 unspecified atom stereocenters. The molecule has 2 aliphatic rings. The lowest BCUT2D eigenvalue weighted by Crippen LogP contribution is -2.51. The van der Waals surface area contributed by atoms with Gasteiger partial charge in [0.1, 0.15) is 23.7 Å². The highest BCUT2D eigenvalue weighted by Crippen LogP contribution is 2.37. The summed E-state index contributed by atoms with van der Waals surface area (Å²) in [6.45, 7) is 12.9. The van der Waals surface area contributed by atoms with Crippen LogP contribution in [0.25, 0.3) is 22.5 Å². The molecule has 1 aromatic carbocycles. The molecule has 14 heteroatoms. The molecule has 2 saturated heterocycles. The summed E-state index contributed by atoms with van der Waals surface area (Å²) >= 11 is 0. The molecule has 0 radical (unpaired) electrons. The first-order valence-electron chi connectivity index (χ1n) is 17.3. The number of alkyl carbamates (subject to hydrolysis) is 2. The van der Waals surface area contributed by atoms with Crippen LogP contribution < -0.4 is 10.6 Å². The average molecular weight is 691 g/mol. The van der Waals surface area contributed by atoms with Gasteiger partial charge in [0.15, 0.2) is 0 Å². The van der Waals surface area contributed by atoms with E-state index in [9.17, 15) is 19.2 Å². The zero-order chi connectivity index (χ0) is 36.3. The van der Waals surface area contributed by atoms with Crippen LogP contribution in [-0.2, 0) is 19.1 Å². The second kappa shape index (κ2) is 15.3. The molecule has 0 aliphatic carbocycles. The summed E-state index contributed by atoms with van der Waals surface area (Å²) in [5.41, 5.74) is 3.52. The zero-order valence-corrected chi connectivity index (χ0v) is 30.1. The lowest BCUT2D eigenvalue weighted by molar-refractivity contribution is -0.136. The molecule has 0 spiro atoms. The normalized spacial score (nSPS) is 21.7. The lowest BCUT2D eigenvalue weighted by atomic mass is 10.0.